The Labute approximate surface area is 101 Å². The number of halogens is 1. The van der Waals surface area contributed by atoms with Gasteiger partial charge in [0.1, 0.15) is 5.84 Å². The number of hydrogen-bond donors (Lipinski definition) is 1. The maximum atomic E-state index is 11.1. The second kappa shape index (κ2) is 5.12. The van der Waals surface area contributed by atoms with E-state index in [9.17, 15) is 4.79 Å². The van der Waals surface area contributed by atoms with Gasteiger partial charge in [-0.25, -0.2) is 0 Å². The molecule has 1 aliphatic rings. The van der Waals surface area contributed by atoms with Crippen molar-refractivity contribution in [3.05, 3.63) is 29.8 Å². The average Bonchev–Trinajstić information content (AvgIpc) is 2.65. The molecule has 16 heavy (non-hydrogen) atoms. The fourth-order valence-corrected chi connectivity index (χ4v) is 1.84. The first kappa shape index (κ1) is 12.7. The van der Waals surface area contributed by atoms with Gasteiger partial charge in [-0.15, -0.1) is 12.4 Å². The maximum Gasteiger partial charge on any atom is 0.159 e. The standard InChI is InChI=1S/C12H14N2O.ClH/c1-9(15)10-4-6-11(7-5-10)14-8-2-3-12(14)13;/h4-7,13H,2-3,8H2,1H3;1H. The molecule has 0 aromatic heterocycles. The molecule has 0 atom stereocenters. The quantitative estimate of drug-likeness (QED) is 0.806. The number of Topliss-reactive ketones (excluding diaryl/α,β-unsaturated/α-hetero) is 1. The van der Waals surface area contributed by atoms with Gasteiger partial charge in [-0.2, -0.15) is 0 Å². The van der Waals surface area contributed by atoms with E-state index in [1.807, 2.05) is 29.2 Å². The Balaban J connectivity index is 0.00000128. The Hall–Kier alpha value is -1.35. The molecule has 1 heterocycles. The monoisotopic (exact) mass is 238 g/mol. The van der Waals surface area contributed by atoms with Crippen molar-refractivity contribution in [2.45, 2.75) is 19.8 Å². The van der Waals surface area contributed by atoms with Gasteiger partial charge in [0.25, 0.3) is 0 Å². The number of benzene rings is 1. The van der Waals surface area contributed by atoms with E-state index in [0.29, 0.717) is 5.84 Å². The fraction of sp³-hybridized carbons (Fsp3) is 0.333. The molecule has 1 N–H and O–H groups in total. The molecule has 0 bridgehead atoms. The third-order valence-electron chi connectivity index (χ3n) is 2.71. The van der Waals surface area contributed by atoms with Crippen molar-refractivity contribution in [3.63, 3.8) is 0 Å². The van der Waals surface area contributed by atoms with Gasteiger partial charge in [0, 0.05) is 24.2 Å². The van der Waals surface area contributed by atoms with E-state index >= 15 is 0 Å². The second-order valence-corrected chi connectivity index (χ2v) is 3.80. The van der Waals surface area contributed by atoms with Crippen LogP contribution in [0.3, 0.4) is 0 Å². The van der Waals surface area contributed by atoms with Crippen molar-refractivity contribution in [2.75, 3.05) is 11.4 Å². The van der Waals surface area contributed by atoms with Crippen LogP contribution < -0.4 is 4.90 Å². The van der Waals surface area contributed by atoms with Crippen molar-refractivity contribution in [1.82, 2.24) is 0 Å². The molecule has 3 nitrogen and oxygen atoms in total. The second-order valence-electron chi connectivity index (χ2n) is 3.80. The van der Waals surface area contributed by atoms with Gasteiger partial charge in [-0.3, -0.25) is 10.2 Å². The van der Waals surface area contributed by atoms with Crippen LogP contribution in [0.15, 0.2) is 24.3 Å². The molecule has 0 saturated carbocycles. The fourth-order valence-electron chi connectivity index (χ4n) is 1.84. The first-order chi connectivity index (χ1) is 7.18. The summed E-state index contributed by atoms with van der Waals surface area (Å²) in [5, 5.41) is 7.74. The molecular weight excluding hydrogens is 224 g/mol. The summed E-state index contributed by atoms with van der Waals surface area (Å²) in [5.74, 6) is 0.753. The molecule has 0 spiro atoms. The number of hydrogen-bond acceptors (Lipinski definition) is 2. The van der Waals surface area contributed by atoms with Gasteiger partial charge in [0.2, 0.25) is 0 Å². The number of rotatable bonds is 2. The maximum absolute atomic E-state index is 11.1. The average molecular weight is 239 g/mol. The number of amidine groups is 1. The normalized spacial score (nSPS) is 14.8. The molecule has 1 aliphatic heterocycles. The van der Waals surface area contributed by atoms with Crippen LogP contribution in [-0.2, 0) is 0 Å². The van der Waals surface area contributed by atoms with E-state index in [4.69, 9.17) is 5.41 Å². The van der Waals surface area contributed by atoms with Crippen LogP contribution in [0.4, 0.5) is 5.69 Å². The van der Waals surface area contributed by atoms with Gasteiger partial charge in [-0.05, 0) is 37.6 Å². The van der Waals surface area contributed by atoms with E-state index in [2.05, 4.69) is 0 Å². The summed E-state index contributed by atoms with van der Waals surface area (Å²) < 4.78 is 0. The van der Waals surface area contributed by atoms with Crippen LogP contribution in [-0.4, -0.2) is 18.2 Å². The molecule has 1 aromatic carbocycles. The van der Waals surface area contributed by atoms with Gasteiger partial charge >= 0.3 is 0 Å². The highest BCUT2D eigenvalue weighted by Gasteiger charge is 2.18. The Morgan fingerprint density at radius 1 is 1.31 bits per heavy atom. The third kappa shape index (κ3) is 2.42. The molecule has 0 amide bonds. The Bertz CT molecular complexity index is 400. The lowest BCUT2D eigenvalue weighted by molar-refractivity contribution is 0.101. The Morgan fingerprint density at radius 3 is 2.38 bits per heavy atom. The predicted molar refractivity (Wildman–Crippen MR) is 68.0 cm³/mol. The summed E-state index contributed by atoms with van der Waals surface area (Å²) in [6, 6.07) is 7.47. The van der Waals surface area contributed by atoms with E-state index in [1.54, 1.807) is 6.92 Å². The van der Waals surface area contributed by atoms with Crippen LogP contribution in [0.2, 0.25) is 0 Å². The van der Waals surface area contributed by atoms with Gasteiger partial charge in [-0.1, -0.05) is 0 Å². The molecule has 1 saturated heterocycles. The van der Waals surface area contributed by atoms with Gasteiger partial charge < -0.3 is 4.90 Å². The first-order valence-corrected chi connectivity index (χ1v) is 5.14. The molecule has 1 aromatic rings. The summed E-state index contributed by atoms with van der Waals surface area (Å²) in [5.41, 5.74) is 1.74. The van der Waals surface area contributed by atoms with Gasteiger partial charge in [0.15, 0.2) is 5.78 Å². The first-order valence-electron chi connectivity index (χ1n) is 5.14. The van der Waals surface area contributed by atoms with Gasteiger partial charge in [0.05, 0.1) is 0 Å². The van der Waals surface area contributed by atoms with Crippen LogP contribution >= 0.6 is 12.4 Å². The topological polar surface area (TPSA) is 44.2 Å². The van der Waals surface area contributed by atoms with Crippen molar-refractivity contribution in [2.24, 2.45) is 0 Å². The molecule has 0 aliphatic carbocycles. The highest BCUT2D eigenvalue weighted by Crippen LogP contribution is 2.21. The number of ketones is 1. The molecule has 4 heteroatoms. The van der Waals surface area contributed by atoms with E-state index < -0.39 is 0 Å². The van der Waals surface area contributed by atoms with Crippen LogP contribution in [0.1, 0.15) is 30.1 Å². The number of anilines is 1. The number of nitrogens with one attached hydrogen (secondary N) is 1. The number of carbonyl (C=O) groups is 1. The highest BCUT2D eigenvalue weighted by atomic mass is 35.5. The zero-order valence-corrected chi connectivity index (χ0v) is 10.0. The summed E-state index contributed by atoms with van der Waals surface area (Å²) in [4.78, 5) is 13.1. The summed E-state index contributed by atoms with van der Waals surface area (Å²) in [6.07, 6.45) is 1.90. The Morgan fingerprint density at radius 2 is 1.94 bits per heavy atom. The lowest BCUT2D eigenvalue weighted by Crippen LogP contribution is -2.22. The summed E-state index contributed by atoms with van der Waals surface area (Å²) in [6.45, 7) is 2.48. The number of nitrogens with zero attached hydrogens (tertiary/aromatic N) is 1. The minimum Gasteiger partial charge on any atom is -0.330 e. The molecule has 1 fully saturated rings. The molecule has 86 valence electrons. The molecular formula is C12H15ClN2O. The predicted octanol–water partition coefficient (Wildman–Crippen LogP) is 2.89. The molecule has 2 rings (SSSR count). The van der Waals surface area contributed by atoms with Crippen molar-refractivity contribution < 1.29 is 4.79 Å². The summed E-state index contributed by atoms with van der Waals surface area (Å²) in [7, 11) is 0. The van der Waals surface area contributed by atoms with Crippen molar-refractivity contribution in [1.29, 1.82) is 5.41 Å². The lowest BCUT2D eigenvalue weighted by Gasteiger charge is -2.17. The van der Waals surface area contributed by atoms with E-state index in [0.717, 1.165) is 30.6 Å². The van der Waals surface area contributed by atoms with Crippen molar-refractivity contribution in [3.8, 4) is 0 Å². The lowest BCUT2D eigenvalue weighted by atomic mass is 10.1. The summed E-state index contributed by atoms with van der Waals surface area (Å²) >= 11 is 0. The third-order valence-corrected chi connectivity index (χ3v) is 2.71. The number of carbonyl (C=O) groups excluding carboxylic acids is 1. The SMILES string of the molecule is CC(=O)c1ccc(N2CCCC2=N)cc1.Cl. The van der Waals surface area contributed by atoms with E-state index in [-0.39, 0.29) is 18.2 Å². The van der Waals surface area contributed by atoms with Crippen LogP contribution in [0, 0.1) is 5.41 Å². The molecule has 0 radical (unpaired) electrons. The smallest absolute Gasteiger partial charge is 0.159 e. The molecule has 0 unspecified atom stereocenters. The van der Waals surface area contributed by atoms with Crippen LogP contribution in [0.25, 0.3) is 0 Å². The van der Waals surface area contributed by atoms with Crippen molar-refractivity contribution >= 4 is 29.7 Å². The van der Waals surface area contributed by atoms with E-state index in [1.165, 1.54) is 0 Å². The van der Waals surface area contributed by atoms with Crippen LogP contribution in [0.5, 0.6) is 0 Å². The Kier molecular flexibility index (Phi) is 4.07. The minimum atomic E-state index is 0. The zero-order chi connectivity index (χ0) is 10.8. The highest BCUT2D eigenvalue weighted by molar-refractivity contribution is 5.98. The zero-order valence-electron chi connectivity index (χ0n) is 9.19. The largest absolute Gasteiger partial charge is 0.330 e. The minimum absolute atomic E-state index is 0.